The summed E-state index contributed by atoms with van der Waals surface area (Å²) in [6, 6.07) is 0. The van der Waals surface area contributed by atoms with Gasteiger partial charge in [-0.1, -0.05) is 6.92 Å². The van der Waals surface area contributed by atoms with E-state index in [2.05, 4.69) is 9.26 Å². The Morgan fingerprint density at radius 2 is 2.00 bits per heavy atom. The number of aliphatic hydroxyl groups excluding tert-OH is 1. The largest absolute Gasteiger partial charge is 0.449 e. The normalized spacial score (nSPS) is 14.5. The fourth-order valence-corrected chi connectivity index (χ4v) is 0.755. The Kier molecular flexibility index (Phi) is 5.58. The monoisotopic (exact) mass is 208 g/mol. The minimum absolute atomic E-state index is 0.251. The first-order valence-corrected chi connectivity index (χ1v) is 4.29. The molecule has 0 aliphatic heterocycles. The lowest BCUT2D eigenvalue weighted by Crippen LogP contribution is -2.30. The molecule has 0 bridgehead atoms. The molecule has 0 aliphatic carbocycles. The molecule has 0 rings (SSSR count). The van der Waals surface area contributed by atoms with Gasteiger partial charge in [-0.05, 0) is 13.3 Å². The van der Waals surface area contributed by atoms with Crippen molar-refractivity contribution < 1.29 is 24.0 Å². The first-order valence-electron chi connectivity index (χ1n) is 3.82. The van der Waals surface area contributed by atoms with E-state index in [1.54, 1.807) is 16.4 Å². The molecule has 0 aromatic rings. The molecule has 0 aliphatic rings. The minimum Gasteiger partial charge on any atom is -0.449 e. The van der Waals surface area contributed by atoms with Crippen molar-refractivity contribution >= 4 is 21.4 Å². The fourth-order valence-electron chi connectivity index (χ4n) is 0.563. The predicted octanol–water partition coefficient (Wildman–Crippen LogP) is 0.0223. The molecule has 0 radical (unpaired) electrons. The Bertz CT molecular complexity index is 193. The summed E-state index contributed by atoms with van der Waals surface area (Å²) in [7, 11) is 1.76. The fraction of sp³-hybridized carbons (Fsp3) is 0.714. The Balaban J connectivity index is 3.98. The second-order valence-corrected chi connectivity index (χ2v) is 2.68. The molecule has 0 aromatic carbocycles. The van der Waals surface area contributed by atoms with Crippen molar-refractivity contribution in [2.24, 2.45) is 0 Å². The smallest absolute Gasteiger partial charge is 0.349 e. The van der Waals surface area contributed by atoms with Crippen LogP contribution < -0.4 is 0 Å². The van der Waals surface area contributed by atoms with Gasteiger partial charge in [-0.2, -0.15) is 0 Å². The second-order valence-electron chi connectivity index (χ2n) is 2.44. The zero-order chi connectivity index (χ0) is 10.4. The van der Waals surface area contributed by atoms with E-state index in [1.807, 2.05) is 0 Å². The molecule has 6 heteroatoms. The van der Waals surface area contributed by atoms with Crippen LogP contribution in [0.1, 0.15) is 20.3 Å². The number of carbonyl (C=O) groups excluding carboxylic acids is 2. The molecule has 0 heterocycles. The van der Waals surface area contributed by atoms with E-state index in [-0.39, 0.29) is 6.42 Å². The van der Waals surface area contributed by atoms with Gasteiger partial charge >= 0.3 is 11.9 Å². The standard InChI is InChI=1S/C7H13O5P/c1-3-5(8)7(10)11-4(2)6(9)12-13/h4-5,8H,3,13H2,1-2H3/t4-,5-/m0/s1. The van der Waals surface area contributed by atoms with Gasteiger partial charge in [0.2, 0.25) is 0 Å². The molecule has 0 amide bonds. The lowest BCUT2D eigenvalue weighted by Gasteiger charge is -2.12. The molecule has 0 spiro atoms. The van der Waals surface area contributed by atoms with E-state index in [0.29, 0.717) is 0 Å². The summed E-state index contributed by atoms with van der Waals surface area (Å²) < 4.78 is 8.82. The van der Waals surface area contributed by atoms with Gasteiger partial charge in [-0.25, -0.2) is 9.59 Å². The maximum Gasteiger partial charge on any atom is 0.349 e. The van der Waals surface area contributed by atoms with Crippen LogP contribution in [0.3, 0.4) is 0 Å². The molecule has 5 nitrogen and oxygen atoms in total. The molecule has 76 valence electrons. The number of carbonyl (C=O) groups is 2. The van der Waals surface area contributed by atoms with Crippen molar-refractivity contribution in [1.29, 1.82) is 0 Å². The molecule has 3 atom stereocenters. The Morgan fingerprint density at radius 3 is 2.38 bits per heavy atom. The van der Waals surface area contributed by atoms with Crippen LogP contribution in [-0.2, 0) is 18.8 Å². The van der Waals surface area contributed by atoms with Crippen molar-refractivity contribution in [2.45, 2.75) is 32.5 Å². The number of hydrogen-bond donors (Lipinski definition) is 1. The zero-order valence-corrected chi connectivity index (χ0v) is 8.67. The van der Waals surface area contributed by atoms with Gasteiger partial charge in [0.05, 0.1) is 9.47 Å². The quantitative estimate of drug-likeness (QED) is 0.521. The lowest BCUT2D eigenvalue weighted by atomic mass is 10.3. The third-order valence-corrected chi connectivity index (χ3v) is 1.63. The second kappa shape index (κ2) is 5.89. The van der Waals surface area contributed by atoms with Crippen molar-refractivity contribution in [3.8, 4) is 0 Å². The lowest BCUT2D eigenvalue weighted by molar-refractivity contribution is -0.167. The van der Waals surface area contributed by atoms with E-state index in [0.717, 1.165) is 0 Å². The Hall–Kier alpha value is -0.670. The van der Waals surface area contributed by atoms with E-state index >= 15 is 0 Å². The van der Waals surface area contributed by atoms with Crippen LogP contribution >= 0.6 is 9.47 Å². The molecule has 13 heavy (non-hydrogen) atoms. The van der Waals surface area contributed by atoms with Gasteiger partial charge in [0.15, 0.2) is 12.2 Å². The maximum absolute atomic E-state index is 10.9. The van der Waals surface area contributed by atoms with Gasteiger partial charge in [0.25, 0.3) is 0 Å². The predicted molar refractivity (Wildman–Crippen MR) is 47.7 cm³/mol. The molecular formula is C7H13O5P. The van der Waals surface area contributed by atoms with E-state index < -0.39 is 24.1 Å². The summed E-state index contributed by atoms with van der Waals surface area (Å²) in [6.07, 6.45) is -1.92. The number of aliphatic hydroxyl groups is 1. The van der Waals surface area contributed by atoms with Crippen LogP contribution in [0.5, 0.6) is 0 Å². The average molecular weight is 208 g/mol. The number of ether oxygens (including phenoxy) is 1. The summed E-state index contributed by atoms with van der Waals surface area (Å²) in [6.45, 7) is 3.00. The molecule has 0 aromatic heterocycles. The molecule has 0 fully saturated rings. The Labute approximate surface area is 78.7 Å². The number of rotatable bonds is 4. The summed E-state index contributed by atoms with van der Waals surface area (Å²) in [5.74, 6) is -1.49. The number of esters is 1. The molecule has 0 saturated heterocycles. The first-order chi connectivity index (χ1) is 6.02. The van der Waals surface area contributed by atoms with Crippen LogP contribution in [0, 0.1) is 0 Å². The average Bonchev–Trinajstić information content (AvgIpc) is 2.14. The first kappa shape index (κ1) is 12.3. The van der Waals surface area contributed by atoms with Gasteiger partial charge in [-0.3, -0.25) is 0 Å². The zero-order valence-electron chi connectivity index (χ0n) is 7.52. The van der Waals surface area contributed by atoms with Gasteiger partial charge < -0.3 is 14.4 Å². The SMILES string of the molecule is CC[C@H](O)C(=O)O[C@@H](C)C(=O)OP. The van der Waals surface area contributed by atoms with Crippen LogP contribution in [0.4, 0.5) is 0 Å². The minimum atomic E-state index is -1.18. The van der Waals surface area contributed by atoms with Crippen LogP contribution in [-0.4, -0.2) is 29.3 Å². The van der Waals surface area contributed by atoms with Gasteiger partial charge in [0.1, 0.15) is 0 Å². The molecule has 0 saturated carbocycles. The highest BCUT2D eigenvalue weighted by Crippen LogP contribution is 2.02. The summed E-state index contributed by atoms with van der Waals surface area (Å²) in [4.78, 5) is 21.7. The summed E-state index contributed by atoms with van der Waals surface area (Å²) >= 11 is 0. The summed E-state index contributed by atoms with van der Waals surface area (Å²) in [5, 5.41) is 9.00. The van der Waals surface area contributed by atoms with Crippen LogP contribution in [0.2, 0.25) is 0 Å². The van der Waals surface area contributed by atoms with Crippen LogP contribution in [0.15, 0.2) is 0 Å². The third-order valence-electron chi connectivity index (χ3n) is 1.40. The van der Waals surface area contributed by atoms with Gasteiger partial charge in [-0.15, -0.1) is 0 Å². The molecule has 1 unspecified atom stereocenters. The van der Waals surface area contributed by atoms with Gasteiger partial charge in [0, 0.05) is 0 Å². The topological polar surface area (TPSA) is 72.8 Å². The van der Waals surface area contributed by atoms with Crippen molar-refractivity contribution in [3.05, 3.63) is 0 Å². The molecule has 1 N–H and O–H groups in total. The highest BCUT2D eigenvalue weighted by atomic mass is 31.0. The highest BCUT2D eigenvalue weighted by Gasteiger charge is 2.22. The van der Waals surface area contributed by atoms with E-state index in [1.165, 1.54) is 6.92 Å². The number of hydrogen-bond acceptors (Lipinski definition) is 5. The van der Waals surface area contributed by atoms with Crippen molar-refractivity contribution in [1.82, 2.24) is 0 Å². The van der Waals surface area contributed by atoms with E-state index in [4.69, 9.17) is 5.11 Å². The van der Waals surface area contributed by atoms with Crippen LogP contribution in [0.25, 0.3) is 0 Å². The van der Waals surface area contributed by atoms with Crippen molar-refractivity contribution in [3.63, 3.8) is 0 Å². The Morgan fingerprint density at radius 1 is 1.46 bits per heavy atom. The maximum atomic E-state index is 10.9. The van der Waals surface area contributed by atoms with E-state index in [9.17, 15) is 9.59 Å². The van der Waals surface area contributed by atoms with Crippen molar-refractivity contribution in [2.75, 3.05) is 0 Å². The third kappa shape index (κ3) is 4.20. The summed E-state index contributed by atoms with van der Waals surface area (Å²) in [5.41, 5.74) is 0. The highest BCUT2D eigenvalue weighted by molar-refractivity contribution is 7.10. The molecular weight excluding hydrogens is 195 g/mol.